The van der Waals surface area contributed by atoms with Crippen LogP contribution in [0.25, 0.3) is 0 Å². The van der Waals surface area contributed by atoms with E-state index in [0.717, 1.165) is 19.6 Å². The lowest BCUT2D eigenvalue weighted by molar-refractivity contribution is -0.0668. The third-order valence-corrected chi connectivity index (χ3v) is 1.39. The molecule has 0 atom stereocenters. The molecule has 0 aliphatic rings. The van der Waals surface area contributed by atoms with Crippen molar-refractivity contribution in [1.29, 1.82) is 0 Å². The van der Waals surface area contributed by atoms with E-state index in [4.69, 9.17) is 14.2 Å². The molecule has 0 amide bonds. The van der Waals surface area contributed by atoms with Crippen LogP contribution in [-0.2, 0) is 14.2 Å². The average molecular weight is 174 g/mol. The van der Waals surface area contributed by atoms with Crippen LogP contribution in [0.5, 0.6) is 0 Å². The highest BCUT2D eigenvalue weighted by Crippen LogP contribution is 1.94. The van der Waals surface area contributed by atoms with Gasteiger partial charge in [-0.3, -0.25) is 0 Å². The fourth-order valence-electron chi connectivity index (χ4n) is 0.756. The summed E-state index contributed by atoms with van der Waals surface area (Å²) in [6.07, 6.45) is 4.54. The molecule has 0 aliphatic heterocycles. The zero-order chi connectivity index (χ0) is 9.23. The molecule has 0 aromatic carbocycles. The molecular weight excluding hydrogens is 156 g/mol. The van der Waals surface area contributed by atoms with Crippen molar-refractivity contribution in [2.75, 3.05) is 27.4 Å². The van der Waals surface area contributed by atoms with Crippen molar-refractivity contribution >= 4 is 0 Å². The van der Waals surface area contributed by atoms with Crippen molar-refractivity contribution in [3.8, 4) is 0 Å². The summed E-state index contributed by atoms with van der Waals surface area (Å²) in [6.45, 7) is 3.51. The molecule has 12 heavy (non-hydrogen) atoms. The van der Waals surface area contributed by atoms with Crippen molar-refractivity contribution < 1.29 is 14.2 Å². The van der Waals surface area contributed by atoms with Crippen LogP contribution in [-0.4, -0.2) is 33.7 Å². The van der Waals surface area contributed by atoms with Crippen LogP contribution in [0, 0.1) is 0 Å². The Morgan fingerprint density at radius 2 is 1.92 bits per heavy atom. The van der Waals surface area contributed by atoms with Crippen LogP contribution in [0.3, 0.4) is 0 Å². The van der Waals surface area contributed by atoms with E-state index in [1.165, 1.54) is 0 Å². The molecule has 0 saturated carbocycles. The lowest BCUT2D eigenvalue weighted by Crippen LogP contribution is -2.08. The summed E-state index contributed by atoms with van der Waals surface area (Å²) < 4.78 is 15.1. The molecule has 3 nitrogen and oxygen atoms in total. The molecule has 0 N–H and O–H groups in total. The zero-order valence-corrected chi connectivity index (χ0v) is 8.08. The topological polar surface area (TPSA) is 27.7 Å². The Hall–Kier alpha value is -0.380. The van der Waals surface area contributed by atoms with Crippen molar-refractivity contribution in [1.82, 2.24) is 0 Å². The highest BCUT2D eigenvalue weighted by Gasteiger charge is 1.95. The second-order valence-corrected chi connectivity index (χ2v) is 2.25. The van der Waals surface area contributed by atoms with E-state index in [-0.39, 0.29) is 6.29 Å². The lowest BCUT2D eigenvalue weighted by atomic mass is 10.4. The predicted molar refractivity (Wildman–Crippen MR) is 48.1 cm³/mol. The SMILES string of the molecule is CCOCC/C=C\C(OC)OC. The summed E-state index contributed by atoms with van der Waals surface area (Å²) in [7, 11) is 3.22. The molecular formula is C9H18O3. The highest BCUT2D eigenvalue weighted by atomic mass is 16.7. The minimum Gasteiger partial charge on any atom is -0.381 e. The van der Waals surface area contributed by atoms with E-state index in [9.17, 15) is 0 Å². The monoisotopic (exact) mass is 174 g/mol. The first kappa shape index (κ1) is 11.6. The Kier molecular flexibility index (Phi) is 8.44. The Morgan fingerprint density at radius 3 is 2.42 bits per heavy atom. The number of rotatable bonds is 7. The summed E-state index contributed by atoms with van der Waals surface area (Å²) >= 11 is 0. The highest BCUT2D eigenvalue weighted by molar-refractivity contribution is 4.84. The molecule has 0 saturated heterocycles. The summed E-state index contributed by atoms with van der Waals surface area (Å²) in [5.41, 5.74) is 0. The van der Waals surface area contributed by atoms with Crippen LogP contribution in [0.2, 0.25) is 0 Å². The van der Waals surface area contributed by atoms with Gasteiger partial charge in [-0.2, -0.15) is 0 Å². The first-order valence-corrected chi connectivity index (χ1v) is 4.15. The van der Waals surface area contributed by atoms with Gasteiger partial charge in [0.2, 0.25) is 0 Å². The molecule has 0 bridgehead atoms. The normalized spacial score (nSPS) is 11.7. The standard InChI is InChI=1S/C9H18O3/c1-4-12-8-6-5-7-9(10-2)11-3/h5,7,9H,4,6,8H2,1-3H3/b7-5-. The maximum atomic E-state index is 5.15. The average Bonchev–Trinajstić information content (AvgIpc) is 2.11. The summed E-state index contributed by atoms with van der Waals surface area (Å²) in [4.78, 5) is 0. The Morgan fingerprint density at radius 1 is 1.25 bits per heavy atom. The first-order valence-electron chi connectivity index (χ1n) is 4.15. The second-order valence-electron chi connectivity index (χ2n) is 2.25. The van der Waals surface area contributed by atoms with E-state index < -0.39 is 0 Å². The first-order chi connectivity index (χ1) is 5.85. The van der Waals surface area contributed by atoms with Gasteiger partial charge in [0, 0.05) is 27.4 Å². The fraction of sp³-hybridized carbons (Fsp3) is 0.778. The fourth-order valence-corrected chi connectivity index (χ4v) is 0.756. The van der Waals surface area contributed by atoms with E-state index in [1.54, 1.807) is 14.2 Å². The van der Waals surface area contributed by atoms with Gasteiger partial charge >= 0.3 is 0 Å². The van der Waals surface area contributed by atoms with Crippen molar-refractivity contribution in [3.63, 3.8) is 0 Å². The maximum absolute atomic E-state index is 5.15. The van der Waals surface area contributed by atoms with Gasteiger partial charge in [-0.25, -0.2) is 0 Å². The van der Waals surface area contributed by atoms with E-state index in [2.05, 4.69) is 0 Å². The van der Waals surface area contributed by atoms with E-state index in [0.29, 0.717) is 0 Å². The van der Waals surface area contributed by atoms with Gasteiger partial charge in [0.25, 0.3) is 0 Å². The van der Waals surface area contributed by atoms with Crippen LogP contribution in [0.15, 0.2) is 12.2 Å². The van der Waals surface area contributed by atoms with Gasteiger partial charge in [-0.15, -0.1) is 0 Å². The molecule has 0 unspecified atom stereocenters. The maximum Gasteiger partial charge on any atom is 0.176 e. The lowest BCUT2D eigenvalue weighted by Gasteiger charge is -2.06. The van der Waals surface area contributed by atoms with Crippen molar-refractivity contribution in [2.45, 2.75) is 19.6 Å². The molecule has 0 aromatic heterocycles. The van der Waals surface area contributed by atoms with Crippen LogP contribution < -0.4 is 0 Å². The smallest absolute Gasteiger partial charge is 0.176 e. The van der Waals surface area contributed by atoms with Gasteiger partial charge in [-0.05, 0) is 19.4 Å². The quantitative estimate of drug-likeness (QED) is 0.333. The molecule has 0 fully saturated rings. The molecule has 0 spiro atoms. The molecule has 0 rings (SSSR count). The zero-order valence-electron chi connectivity index (χ0n) is 8.08. The number of ether oxygens (including phenoxy) is 3. The number of hydrogen-bond acceptors (Lipinski definition) is 3. The molecule has 0 heterocycles. The molecule has 0 radical (unpaired) electrons. The van der Waals surface area contributed by atoms with E-state index in [1.807, 2.05) is 19.1 Å². The number of hydrogen-bond donors (Lipinski definition) is 0. The van der Waals surface area contributed by atoms with Gasteiger partial charge in [0.15, 0.2) is 6.29 Å². The minimum absolute atomic E-state index is 0.230. The Balaban J connectivity index is 3.32. The minimum atomic E-state index is -0.230. The predicted octanol–water partition coefficient (Wildman–Crippen LogP) is 1.59. The van der Waals surface area contributed by atoms with E-state index >= 15 is 0 Å². The molecule has 3 heteroatoms. The number of methoxy groups -OCH3 is 2. The third kappa shape index (κ3) is 6.34. The van der Waals surface area contributed by atoms with Gasteiger partial charge in [-0.1, -0.05) is 6.08 Å². The van der Waals surface area contributed by atoms with Gasteiger partial charge < -0.3 is 14.2 Å². The third-order valence-electron chi connectivity index (χ3n) is 1.39. The summed E-state index contributed by atoms with van der Waals surface area (Å²) in [5, 5.41) is 0. The van der Waals surface area contributed by atoms with Crippen LogP contribution in [0.1, 0.15) is 13.3 Å². The molecule has 0 aliphatic carbocycles. The summed E-state index contributed by atoms with van der Waals surface area (Å²) in [5.74, 6) is 0. The van der Waals surface area contributed by atoms with Gasteiger partial charge in [0.05, 0.1) is 0 Å². The molecule has 72 valence electrons. The molecule has 0 aromatic rings. The Labute approximate surface area is 74.3 Å². The van der Waals surface area contributed by atoms with Crippen LogP contribution >= 0.6 is 0 Å². The second kappa shape index (κ2) is 8.71. The summed E-state index contributed by atoms with van der Waals surface area (Å²) in [6, 6.07) is 0. The van der Waals surface area contributed by atoms with Crippen molar-refractivity contribution in [2.24, 2.45) is 0 Å². The Bertz CT molecular complexity index is 108. The van der Waals surface area contributed by atoms with Crippen LogP contribution in [0.4, 0.5) is 0 Å². The largest absolute Gasteiger partial charge is 0.381 e. The van der Waals surface area contributed by atoms with Gasteiger partial charge in [0.1, 0.15) is 0 Å². The van der Waals surface area contributed by atoms with Crippen molar-refractivity contribution in [3.05, 3.63) is 12.2 Å².